The number of rotatable bonds is 44. The molecule has 0 aromatic heterocycles. The van der Waals surface area contributed by atoms with Crippen molar-refractivity contribution in [3.63, 3.8) is 0 Å². The summed E-state index contributed by atoms with van der Waals surface area (Å²) in [5.74, 6) is 0.878. The van der Waals surface area contributed by atoms with Crippen molar-refractivity contribution in [1.82, 2.24) is 9.80 Å². The van der Waals surface area contributed by atoms with Crippen LogP contribution in [0.1, 0.15) is 259 Å². The number of amides is 1. The monoisotopic (exact) mass is 789 g/mol. The smallest absolute Gasteiger partial charge is 0.330 e. The topological polar surface area (TPSA) is 49.9 Å². The molecule has 0 aliphatic rings. The predicted molar refractivity (Wildman–Crippen MR) is 247 cm³/mol. The van der Waals surface area contributed by atoms with Crippen LogP contribution < -0.4 is 0 Å². The first-order valence-corrected chi connectivity index (χ1v) is 25.2. The second-order valence-electron chi connectivity index (χ2n) is 17.8. The molecular formula is C51H100N2O3. The number of hydrogen-bond acceptors (Lipinski definition) is 4. The normalized spacial score (nSPS) is 12.4. The molecule has 0 spiro atoms. The van der Waals surface area contributed by atoms with Crippen molar-refractivity contribution in [2.75, 3.05) is 33.8 Å². The van der Waals surface area contributed by atoms with Crippen LogP contribution in [0.2, 0.25) is 0 Å². The maximum Gasteiger partial charge on any atom is 0.330 e. The molecule has 0 radical (unpaired) electrons. The van der Waals surface area contributed by atoms with Crippen LogP contribution in [0.15, 0.2) is 12.2 Å². The molecule has 0 aromatic rings. The molecule has 0 bridgehead atoms. The average Bonchev–Trinajstić information content (AvgIpc) is 3.18. The van der Waals surface area contributed by atoms with Crippen LogP contribution in [0.3, 0.4) is 0 Å². The van der Waals surface area contributed by atoms with Crippen molar-refractivity contribution in [2.45, 2.75) is 265 Å². The second kappa shape index (κ2) is 43.2. The first-order valence-electron chi connectivity index (χ1n) is 25.2. The third kappa shape index (κ3) is 36.9. The van der Waals surface area contributed by atoms with Gasteiger partial charge in [-0.3, -0.25) is 4.79 Å². The summed E-state index contributed by atoms with van der Waals surface area (Å²) in [5, 5.41) is 0. The van der Waals surface area contributed by atoms with Crippen LogP contribution in [0.5, 0.6) is 0 Å². The average molecular weight is 789 g/mol. The van der Waals surface area contributed by atoms with Gasteiger partial charge in [0.15, 0.2) is 0 Å². The van der Waals surface area contributed by atoms with Gasteiger partial charge in [0.05, 0.1) is 6.61 Å². The Bertz CT molecular complexity index is 844. The number of ether oxygens (including phenoxy) is 1. The van der Waals surface area contributed by atoms with Crippen molar-refractivity contribution in [2.24, 2.45) is 5.92 Å². The highest BCUT2D eigenvalue weighted by atomic mass is 16.5. The standard InChI is InChI=1S/C51H100N2O3/c1-7-11-15-19-21-23-27-33-40-49(53(50(54)42-37-45-52(5)6)46-36-30-24-22-20-16-12-8-2)41-34-28-29-35-43-51(55)56-47-44-48(38-31-25-17-13-9-3)39-32-26-18-14-10-4/h35,43,48-49H,7-34,36-42,44-47H2,1-6H3. The van der Waals surface area contributed by atoms with Crippen LogP contribution in [0, 0.1) is 5.92 Å². The molecule has 0 rings (SSSR count). The summed E-state index contributed by atoms with van der Waals surface area (Å²) in [4.78, 5) is 30.9. The summed E-state index contributed by atoms with van der Waals surface area (Å²) >= 11 is 0. The zero-order chi connectivity index (χ0) is 41.2. The van der Waals surface area contributed by atoms with Gasteiger partial charge in [-0.2, -0.15) is 0 Å². The van der Waals surface area contributed by atoms with Gasteiger partial charge in [-0.15, -0.1) is 0 Å². The van der Waals surface area contributed by atoms with Crippen molar-refractivity contribution in [1.29, 1.82) is 0 Å². The summed E-state index contributed by atoms with van der Waals surface area (Å²) in [6.45, 7) is 11.6. The van der Waals surface area contributed by atoms with Crippen molar-refractivity contribution in [3.8, 4) is 0 Å². The lowest BCUT2D eigenvalue weighted by Gasteiger charge is -2.33. The number of carbonyl (C=O) groups excluding carboxylic acids is 2. The van der Waals surface area contributed by atoms with Crippen LogP contribution in [0.25, 0.3) is 0 Å². The van der Waals surface area contributed by atoms with Crippen molar-refractivity contribution in [3.05, 3.63) is 12.2 Å². The molecule has 332 valence electrons. The maximum absolute atomic E-state index is 13.8. The van der Waals surface area contributed by atoms with Crippen LogP contribution in [-0.2, 0) is 14.3 Å². The van der Waals surface area contributed by atoms with Crippen LogP contribution in [-0.4, -0.2) is 61.5 Å². The Morgan fingerprint density at radius 3 is 1.39 bits per heavy atom. The number of unbranched alkanes of at least 4 members (excludes halogenated alkanes) is 24. The SMILES string of the molecule is CCCCCCCCCCC(CCCCC=CC(=O)OCCC(CCCCCCC)CCCCCCC)N(CCCCCCCCCC)C(=O)CCCN(C)C. The predicted octanol–water partition coefficient (Wildman–Crippen LogP) is 15.6. The van der Waals surface area contributed by atoms with Gasteiger partial charge in [0, 0.05) is 25.1 Å². The molecule has 0 saturated carbocycles. The van der Waals surface area contributed by atoms with Crippen LogP contribution in [0.4, 0.5) is 0 Å². The van der Waals surface area contributed by atoms with E-state index in [1.54, 1.807) is 6.08 Å². The molecule has 0 saturated heterocycles. The summed E-state index contributed by atoms with van der Waals surface area (Å²) in [5.41, 5.74) is 0. The Hall–Kier alpha value is -1.36. The lowest BCUT2D eigenvalue weighted by Crippen LogP contribution is -2.41. The number of esters is 1. The maximum atomic E-state index is 13.8. The molecular weight excluding hydrogens is 689 g/mol. The minimum absolute atomic E-state index is 0.179. The van der Waals surface area contributed by atoms with Gasteiger partial charge in [0.1, 0.15) is 0 Å². The molecule has 0 fully saturated rings. The Morgan fingerprint density at radius 2 is 0.911 bits per heavy atom. The van der Waals surface area contributed by atoms with Crippen LogP contribution >= 0.6 is 0 Å². The van der Waals surface area contributed by atoms with E-state index in [4.69, 9.17) is 4.74 Å². The zero-order valence-electron chi connectivity index (χ0n) is 39.0. The molecule has 0 N–H and O–H groups in total. The summed E-state index contributed by atoms with van der Waals surface area (Å²) in [7, 11) is 4.21. The Kier molecular flexibility index (Phi) is 42.2. The van der Waals surface area contributed by atoms with E-state index in [1.165, 1.54) is 173 Å². The van der Waals surface area contributed by atoms with Crippen molar-refractivity contribution >= 4 is 11.9 Å². The largest absolute Gasteiger partial charge is 0.463 e. The fraction of sp³-hybridized carbons (Fsp3) is 0.922. The molecule has 0 heterocycles. The van der Waals surface area contributed by atoms with Gasteiger partial charge in [-0.1, -0.05) is 214 Å². The van der Waals surface area contributed by atoms with E-state index in [0.717, 1.165) is 64.5 Å². The van der Waals surface area contributed by atoms with Gasteiger partial charge in [0.2, 0.25) is 5.91 Å². The molecule has 1 amide bonds. The van der Waals surface area contributed by atoms with E-state index in [2.05, 4.69) is 51.6 Å². The molecule has 5 heteroatoms. The highest BCUT2D eigenvalue weighted by molar-refractivity contribution is 5.81. The first kappa shape index (κ1) is 54.6. The summed E-state index contributed by atoms with van der Waals surface area (Å²) in [6.07, 6.45) is 48.4. The molecule has 56 heavy (non-hydrogen) atoms. The zero-order valence-corrected chi connectivity index (χ0v) is 39.0. The van der Waals surface area contributed by atoms with E-state index >= 15 is 0 Å². The van der Waals surface area contributed by atoms with Gasteiger partial charge >= 0.3 is 5.97 Å². The molecule has 1 atom stereocenters. The number of allylic oxidation sites excluding steroid dienone is 1. The van der Waals surface area contributed by atoms with E-state index in [1.807, 2.05) is 6.08 Å². The molecule has 0 aliphatic carbocycles. The van der Waals surface area contributed by atoms with Gasteiger partial charge in [0.25, 0.3) is 0 Å². The highest BCUT2D eigenvalue weighted by Gasteiger charge is 2.23. The Morgan fingerprint density at radius 1 is 0.482 bits per heavy atom. The van der Waals surface area contributed by atoms with Crippen molar-refractivity contribution < 1.29 is 14.3 Å². The number of hydrogen-bond donors (Lipinski definition) is 0. The molecule has 0 aliphatic heterocycles. The fourth-order valence-electron chi connectivity index (χ4n) is 8.29. The second-order valence-corrected chi connectivity index (χ2v) is 17.8. The van der Waals surface area contributed by atoms with E-state index in [9.17, 15) is 9.59 Å². The van der Waals surface area contributed by atoms with Gasteiger partial charge < -0.3 is 14.5 Å². The lowest BCUT2D eigenvalue weighted by molar-refractivity contribution is -0.138. The van der Waals surface area contributed by atoms with E-state index < -0.39 is 0 Å². The number of nitrogens with zero attached hydrogens (tertiary/aromatic N) is 2. The molecule has 5 nitrogen and oxygen atoms in total. The van der Waals surface area contributed by atoms with E-state index in [-0.39, 0.29) is 5.97 Å². The highest BCUT2D eigenvalue weighted by Crippen LogP contribution is 2.23. The molecule has 1 unspecified atom stereocenters. The van der Waals surface area contributed by atoms with Gasteiger partial charge in [-0.05, 0) is 71.5 Å². The Labute approximate surface area is 351 Å². The summed E-state index contributed by atoms with van der Waals surface area (Å²) in [6, 6.07) is 0.340. The minimum atomic E-state index is -0.179. The molecule has 0 aromatic carbocycles. The quantitative estimate of drug-likeness (QED) is 0.0350. The van der Waals surface area contributed by atoms with E-state index in [0.29, 0.717) is 30.9 Å². The third-order valence-electron chi connectivity index (χ3n) is 12.0. The first-order chi connectivity index (χ1) is 27.4. The summed E-state index contributed by atoms with van der Waals surface area (Å²) < 4.78 is 5.71. The number of carbonyl (C=O) groups is 2. The minimum Gasteiger partial charge on any atom is -0.463 e. The van der Waals surface area contributed by atoms with Gasteiger partial charge in [-0.25, -0.2) is 4.79 Å². The lowest BCUT2D eigenvalue weighted by atomic mass is 9.92. The third-order valence-corrected chi connectivity index (χ3v) is 12.0. The Balaban J connectivity index is 5.08. The fourth-order valence-corrected chi connectivity index (χ4v) is 8.29.